The number of nitrogens with zero attached hydrogens (tertiary/aromatic N) is 3. The molecule has 18 heavy (non-hydrogen) atoms. The number of rotatable bonds is 2. The lowest BCUT2D eigenvalue weighted by Gasteiger charge is -2.38. The number of piperidine rings is 1. The molecule has 1 aliphatic rings. The van der Waals surface area contributed by atoms with Gasteiger partial charge in [-0.1, -0.05) is 13.8 Å². The molecule has 0 aromatic carbocycles. The molecule has 3 rings (SSSR count). The van der Waals surface area contributed by atoms with Gasteiger partial charge in [-0.3, -0.25) is 4.40 Å². The smallest absolute Gasteiger partial charge is 0.195 e. The molecule has 1 saturated heterocycles. The van der Waals surface area contributed by atoms with Gasteiger partial charge in [-0.2, -0.15) is 0 Å². The van der Waals surface area contributed by atoms with Gasteiger partial charge in [0.25, 0.3) is 0 Å². The Bertz CT molecular complexity index is 558. The van der Waals surface area contributed by atoms with E-state index in [0.717, 1.165) is 29.6 Å². The van der Waals surface area contributed by atoms with Crippen LogP contribution in [0.1, 0.15) is 32.4 Å². The Morgan fingerprint density at radius 1 is 1.50 bits per heavy atom. The van der Waals surface area contributed by atoms with Crippen molar-refractivity contribution in [3.63, 3.8) is 0 Å². The van der Waals surface area contributed by atoms with Crippen LogP contribution in [-0.2, 0) is 5.88 Å². The minimum absolute atomic E-state index is 0.374. The molecule has 0 saturated carbocycles. The number of aromatic nitrogens is 2. The van der Waals surface area contributed by atoms with E-state index in [1.165, 1.54) is 12.8 Å². The highest BCUT2D eigenvalue weighted by Gasteiger charge is 2.29. The zero-order valence-electron chi connectivity index (χ0n) is 10.8. The number of imidazole rings is 1. The number of alkyl halides is 1. The van der Waals surface area contributed by atoms with E-state index < -0.39 is 0 Å². The van der Waals surface area contributed by atoms with E-state index in [4.69, 9.17) is 16.6 Å². The van der Waals surface area contributed by atoms with Crippen LogP contribution in [0.15, 0.2) is 11.6 Å². The third-order valence-electron chi connectivity index (χ3n) is 3.67. The molecule has 0 unspecified atom stereocenters. The summed E-state index contributed by atoms with van der Waals surface area (Å²) in [6.07, 6.45) is 4.59. The van der Waals surface area contributed by atoms with Crippen molar-refractivity contribution >= 4 is 33.7 Å². The van der Waals surface area contributed by atoms with Gasteiger partial charge in [0, 0.05) is 24.7 Å². The summed E-state index contributed by atoms with van der Waals surface area (Å²) in [5, 5.41) is 2.06. The summed E-state index contributed by atoms with van der Waals surface area (Å²) in [6, 6.07) is 0. The monoisotopic (exact) mass is 283 g/mol. The molecule has 0 atom stereocenters. The van der Waals surface area contributed by atoms with Crippen LogP contribution in [-0.4, -0.2) is 22.5 Å². The lowest BCUT2D eigenvalue weighted by molar-refractivity contribution is 0.292. The highest BCUT2D eigenvalue weighted by Crippen LogP contribution is 2.34. The SMILES string of the molecule is CC1(C)CCCN(c2nc3sccn3c2CCl)C1. The van der Waals surface area contributed by atoms with Crippen molar-refractivity contribution in [2.45, 2.75) is 32.6 Å². The van der Waals surface area contributed by atoms with E-state index >= 15 is 0 Å². The second kappa shape index (κ2) is 4.42. The third-order valence-corrected chi connectivity index (χ3v) is 4.68. The fourth-order valence-corrected chi connectivity index (χ4v) is 3.78. The normalized spacial score (nSPS) is 19.6. The van der Waals surface area contributed by atoms with Crippen molar-refractivity contribution in [3.8, 4) is 0 Å². The van der Waals surface area contributed by atoms with Gasteiger partial charge in [-0.25, -0.2) is 4.98 Å². The fraction of sp³-hybridized carbons (Fsp3) is 0.615. The number of anilines is 1. The van der Waals surface area contributed by atoms with Gasteiger partial charge in [-0.05, 0) is 18.3 Å². The van der Waals surface area contributed by atoms with Crippen LogP contribution in [0.3, 0.4) is 0 Å². The first-order valence-corrected chi connectivity index (χ1v) is 7.77. The highest BCUT2D eigenvalue weighted by atomic mass is 35.5. The average molecular weight is 284 g/mol. The molecular formula is C13H18ClN3S. The topological polar surface area (TPSA) is 20.5 Å². The summed E-state index contributed by atoms with van der Waals surface area (Å²) in [5.41, 5.74) is 1.50. The molecular weight excluding hydrogens is 266 g/mol. The predicted octanol–water partition coefficient (Wildman–Crippen LogP) is 3.76. The minimum Gasteiger partial charge on any atom is -0.354 e. The van der Waals surface area contributed by atoms with Crippen LogP contribution in [0.2, 0.25) is 0 Å². The molecule has 3 nitrogen and oxygen atoms in total. The molecule has 3 heterocycles. The lowest BCUT2D eigenvalue weighted by atomic mass is 9.84. The van der Waals surface area contributed by atoms with Crippen LogP contribution < -0.4 is 4.90 Å². The number of fused-ring (bicyclic) bond motifs is 1. The predicted molar refractivity (Wildman–Crippen MR) is 77.9 cm³/mol. The number of halogens is 1. The number of hydrogen-bond donors (Lipinski definition) is 0. The minimum atomic E-state index is 0.374. The second-order valence-corrected chi connectivity index (χ2v) is 6.90. The molecule has 2 aromatic heterocycles. The Labute approximate surface area is 116 Å². The molecule has 0 bridgehead atoms. The lowest BCUT2D eigenvalue weighted by Crippen LogP contribution is -2.40. The van der Waals surface area contributed by atoms with E-state index in [0.29, 0.717) is 11.3 Å². The fourth-order valence-electron chi connectivity index (χ4n) is 2.80. The molecule has 2 aromatic rings. The van der Waals surface area contributed by atoms with Gasteiger partial charge in [0.15, 0.2) is 10.8 Å². The number of hydrogen-bond acceptors (Lipinski definition) is 3. The maximum absolute atomic E-state index is 6.12. The molecule has 0 aliphatic carbocycles. The second-order valence-electron chi connectivity index (χ2n) is 5.76. The largest absolute Gasteiger partial charge is 0.354 e. The molecule has 0 spiro atoms. The quantitative estimate of drug-likeness (QED) is 0.782. The van der Waals surface area contributed by atoms with Crippen LogP contribution >= 0.6 is 22.9 Å². The van der Waals surface area contributed by atoms with Gasteiger partial charge < -0.3 is 4.90 Å². The zero-order valence-corrected chi connectivity index (χ0v) is 12.4. The molecule has 1 fully saturated rings. The summed E-state index contributed by atoms with van der Waals surface area (Å²) in [4.78, 5) is 8.20. The third kappa shape index (κ3) is 2.01. The van der Waals surface area contributed by atoms with Crippen molar-refractivity contribution < 1.29 is 0 Å². The zero-order chi connectivity index (χ0) is 12.8. The molecule has 0 amide bonds. The molecule has 1 aliphatic heterocycles. The van der Waals surface area contributed by atoms with E-state index in [9.17, 15) is 0 Å². The Balaban J connectivity index is 2.00. The Kier molecular flexibility index (Phi) is 3.02. The summed E-state index contributed by atoms with van der Waals surface area (Å²) in [7, 11) is 0. The Hall–Kier alpha value is -0.740. The summed E-state index contributed by atoms with van der Waals surface area (Å²) >= 11 is 7.78. The van der Waals surface area contributed by atoms with Crippen molar-refractivity contribution in [2.75, 3.05) is 18.0 Å². The van der Waals surface area contributed by atoms with Crippen LogP contribution in [0, 0.1) is 5.41 Å². The van der Waals surface area contributed by atoms with Crippen molar-refractivity contribution in [1.82, 2.24) is 9.38 Å². The Morgan fingerprint density at radius 2 is 2.33 bits per heavy atom. The Morgan fingerprint density at radius 3 is 3.06 bits per heavy atom. The van der Waals surface area contributed by atoms with Crippen LogP contribution in [0.25, 0.3) is 4.96 Å². The maximum Gasteiger partial charge on any atom is 0.195 e. The van der Waals surface area contributed by atoms with E-state index in [2.05, 4.69) is 34.7 Å². The standard InChI is InChI=1S/C13H18ClN3S/c1-13(2)4-3-5-16(9-13)11-10(8-14)17-6-7-18-12(17)15-11/h6-7H,3-5,8-9H2,1-2H3. The van der Waals surface area contributed by atoms with Gasteiger partial charge in [0.05, 0.1) is 11.6 Å². The van der Waals surface area contributed by atoms with E-state index in [-0.39, 0.29) is 0 Å². The first-order chi connectivity index (χ1) is 8.61. The van der Waals surface area contributed by atoms with Crippen LogP contribution in [0.4, 0.5) is 5.82 Å². The van der Waals surface area contributed by atoms with E-state index in [1.807, 2.05) is 0 Å². The summed E-state index contributed by atoms with van der Waals surface area (Å²) in [5.74, 6) is 1.61. The first kappa shape index (κ1) is 12.3. The first-order valence-electron chi connectivity index (χ1n) is 6.36. The highest BCUT2D eigenvalue weighted by molar-refractivity contribution is 7.15. The molecule has 5 heteroatoms. The average Bonchev–Trinajstić information content (AvgIpc) is 2.86. The van der Waals surface area contributed by atoms with Gasteiger partial charge in [0.2, 0.25) is 0 Å². The van der Waals surface area contributed by atoms with Crippen molar-refractivity contribution in [3.05, 3.63) is 17.3 Å². The molecule has 0 radical (unpaired) electrons. The molecule has 98 valence electrons. The van der Waals surface area contributed by atoms with Gasteiger partial charge >= 0.3 is 0 Å². The van der Waals surface area contributed by atoms with Gasteiger partial charge in [-0.15, -0.1) is 22.9 Å². The molecule has 0 N–H and O–H groups in total. The maximum atomic E-state index is 6.12. The van der Waals surface area contributed by atoms with Gasteiger partial charge in [0.1, 0.15) is 0 Å². The number of thiazole rings is 1. The van der Waals surface area contributed by atoms with Crippen LogP contribution in [0.5, 0.6) is 0 Å². The summed E-state index contributed by atoms with van der Waals surface area (Å²) < 4.78 is 2.12. The van der Waals surface area contributed by atoms with Crippen molar-refractivity contribution in [2.24, 2.45) is 5.41 Å². The van der Waals surface area contributed by atoms with Crippen molar-refractivity contribution in [1.29, 1.82) is 0 Å². The van der Waals surface area contributed by atoms with E-state index in [1.54, 1.807) is 11.3 Å². The summed E-state index contributed by atoms with van der Waals surface area (Å²) in [6.45, 7) is 6.83.